The van der Waals surface area contributed by atoms with E-state index in [1.807, 2.05) is 60.9 Å². The van der Waals surface area contributed by atoms with Gasteiger partial charge in [-0.1, -0.05) is 30.0 Å². The van der Waals surface area contributed by atoms with Crippen molar-refractivity contribution in [2.75, 3.05) is 13.4 Å². The van der Waals surface area contributed by atoms with Gasteiger partial charge in [0.2, 0.25) is 5.16 Å². The molecule has 0 bridgehead atoms. The summed E-state index contributed by atoms with van der Waals surface area (Å²) in [6.07, 6.45) is 3.69. The van der Waals surface area contributed by atoms with Crippen molar-refractivity contribution in [2.24, 2.45) is 5.10 Å². The van der Waals surface area contributed by atoms with Crippen molar-refractivity contribution in [2.45, 2.75) is 11.8 Å². The summed E-state index contributed by atoms with van der Waals surface area (Å²) >= 11 is 1.48. The van der Waals surface area contributed by atoms with Crippen LogP contribution in [0.25, 0.3) is 0 Å². The number of ether oxygens (including phenoxy) is 2. The normalized spacial score (nSPS) is 11.0. The number of para-hydroxylation sites is 1. The molecule has 0 aliphatic heterocycles. The van der Waals surface area contributed by atoms with Crippen LogP contribution in [0, 0.1) is 0 Å². The Bertz CT molecular complexity index is 832. The average molecular weight is 354 g/mol. The Morgan fingerprint density at radius 2 is 1.80 bits per heavy atom. The lowest BCUT2D eigenvalue weighted by Gasteiger charge is -2.06. The molecular weight excluding hydrogens is 336 g/mol. The molecule has 25 heavy (non-hydrogen) atoms. The van der Waals surface area contributed by atoms with Crippen LogP contribution in [0.4, 0.5) is 0 Å². The lowest BCUT2D eigenvalue weighted by molar-refractivity contribution is 0.290. The zero-order valence-corrected chi connectivity index (χ0v) is 14.8. The molecule has 0 saturated carbocycles. The maximum atomic E-state index is 5.75. The van der Waals surface area contributed by atoms with E-state index in [1.54, 1.807) is 18.0 Å². The fourth-order valence-corrected chi connectivity index (χ4v) is 2.56. The number of nitrogens with zero attached hydrogens (tertiary/aromatic N) is 4. The molecular formula is C18H18N4O2S. The van der Waals surface area contributed by atoms with Crippen molar-refractivity contribution >= 4 is 18.0 Å². The predicted molar refractivity (Wildman–Crippen MR) is 98.6 cm³/mol. The SMILES string of the molecule is COc1ccc(/C=N\n2c(COc3ccccc3)nnc2SC)cc1. The van der Waals surface area contributed by atoms with Gasteiger partial charge in [0.05, 0.1) is 13.3 Å². The summed E-state index contributed by atoms with van der Waals surface area (Å²) in [6.45, 7) is 0.289. The second-order valence-corrected chi connectivity index (χ2v) is 5.81. The van der Waals surface area contributed by atoms with Crippen LogP contribution in [0.2, 0.25) is 0 Å². The van der Waals surface area contributed by atoms with E-state index in [0.29, 0.717) is 11.0 Å². The van der Waals surface area contributed by atoms with E-state index in [-0.39, 0.29) is 6.61 Å². The third kappa shape index (κ3) is 4.39. The Morgan fingerprint density at radius 1 is 1.04 bits per heavy atom. The second-order valence-electron chi connectivity index (χ2n) is 5.03. The average Bonchev–Trinajstić information content (AvgIpc) is 3.08. The van der Waals surface area contributed by atoms with Crippen molar-refractivity contribution in [3.63, 3.8) is 0 Å². The molecule has 0 unspecified atom stereocenters. The molecule has 0 saturated heterocycles. The Hall–Kier alpha value is -2.80. The summed E-state index contributed by atoms with van der Waals surface area (Å²) in [5, 5.41) is 13.5. The lowest BCUT2D eigenvalue weighted by Crippen LogP contribution is -2.04. The maximum absolute atomic E-state index is 5.75. The van der Waals surface area contributed by atoms with Gasteiger partial charge in [0.15, 0.2) is 5.82 Å². The Labute approximate surface area is 150 Å². The zero-order valence-electron chi connectivity index (χ0n) is 14.0. The van der Waals surface area contributed by atoms with Gasteiger partial charge in [-0.25, -0.2) is 0 Å². The highest BCUT2D eigenvalue weighted by atomic mass is 32.2. The van der Waals surface area contributed by atoms with E-state index in [4.69, 9.17) is 9.47 Å². The van der Waals surface area contributed by atoms with Gasteiger partial charge in [-0.15, -0.1) is 10.2 Å². The van der Waals surface area contributed by atoms with Gasteiger partial charge in [0.1, 0.15) is 18.1 Å². The first-order valence-corrected chi connectivity index (χ1v) is 8.87. The largest absolute Gasteiger partial charge is 0.497 e. The molecule has 3 rings (SSSR count). The van der Waals surface area contributed by atoms with Gasteiger partial charge in [-0.3, -0.25) is 0 Å². The minimum absolute atomic E-state index is 0.289. The third-order valence-electron chi connectivity index (χ3n) is 3.41. The Morgan fingerprint density at radius 3 is 2.48 bits per heavy atom. The van der Waals surface area contributed by atoms with Crippen LogP contribution >= 0.6 is 11.8 Å². The smallest absolute Gasteiger partial charge is 0.211 e. The number of methoxy groups -OCH3 is 1. The second kappa shape index (κ2) is 8.34. The molecule has 0 amide bonds. The molecule has 0 radical (unpaired) electrons. The molecule has 3 aromatic rings. The van der Waals surface area contributed by atoms with Gasteiger partial charge >= 0.3 is 0 Å². The summed E-state index contributed by atoms with van der Waals surface area (Å²) in [7, 11) is 1.64. The van der Waals surface area contributed by atoms with Crippen LogP contribution in [0.5, 0.6) is 11.5 Å². The van der Waals surface area contributed by atoms with Crippen LogP contribution in [0.15, 0.2) is 64.9 Å². The van der Waals surface area contributed by atoms with Gasteiger partial charge in [0.25, 0.3) is 0 Å². The number of aromatic nitrogens is 3. The topological polar surface area (TPSA) is 61.5 Å². The van der Waals surface area contributed by atoms with Gasteiger partial charge in [-0.05, 0) is 48.2 Å². The lowest BCUT2D eigenvalue weighted by atomic mass is 10.2. The van der Waals surface area contributed by atoms with E-state index >= 15 is 0 Å². The van der Waals surface area contributed by atoms with E-state index in [1.165, 1.54) is 11.8 Å². The van der Waals surface area contributed by atoms with Crippen LogP contribution in [-0.2, 0) is 6.61 Å². The molecule has 0 aliphatic carbocycles. The molecule has 6 nitrogen and oxygen atoms in total. The van der Waals surface area contributed by atoms with Crippen molar-refractivity contribution < 1.29 is 9.47 Å². The molecule has 0 spiro atoms. The minimum Gasteiger partial charge on any atom is -0.497 e. The predicted octanol–water partition coefficient (Wildman–Crippen LogP) is 3.47. The standard InChI is InChI=1S/C18H18N4O2S/c1-23-15-10-8-14(9-11-15)12-19-22-17(20-21-18(22)25-2)13-24-16-6-4-3-5-7-16/h3-12H,13H2,1-2H3/b19-12-. The third-order valence-corrected chi connectivity index (χ3v) is 4.03. The van der Waals surface area contributed by atoms with Gasteiger partial charge in [0, 0.05) is 0 Å². The van der Waals surface area contributed by atoms with Crippen LogP contribution < -0.4 is 9.47 Å². The van der Waals surface area contributed by atoms with E-state index in [2.05, 4.69) is 15.3 Å². The molecule has 0 aliphatic rings. The Kier molecular flexibility index (Phi) is 5.69. The molecule has 1 heterocycles. The molecule has 2 aromatic carbocycles. The monoisotopic (exact) mass is 354 g/mol. The molecule has 128 valence electrons. The Balaban J connectivity index is 1.77. The van der Waals surface area contributed by atoms with Gasteiger partial charge in [-0.2, -0.15) is 9.78 Å². The first-order chi connectivity index (χ1) is 12.3. The number of hydrogen-bond donors (Lipinski definition) is 0. The fourth-order valence-electron chi connectivity index (χ4n) is 2.11. The first-order valence-electron chi connectivity index (χ1n) is 7.64. The first kappa shape index (κ1) is 17.0. The summed E-state index contributed by atoms with van der Waals surface area (Å²) < 4.78 is 12.6. The maximum Gasteiger partial charge on any atom is 0.211 e. The molecule has 0 fully saturated rings. The molecule has 0 atom stereocenters. The van der Waals surface area contributed by atoms with Crippen LogP contribution in [-0.4, -0.2) is 34.5 Å². The van der Waals surface area contributed by atoms with Crippen molar-refractivity contribution in [1.82, 2.24) is 14.9 Å². The fraction of sp³-hybridized carbons (Fsp3) is 0.167. The number of rotatable bonds is 7. The van der Waals surface area contributed by atoms with Crippen molar-refractivity contribution in [3.05, 3.63) is 66.0 Å². The summed E-state index contributed by atoms with van der Waals surface area (Å²) in [5.41, 5.74) is 0.955. The highest BCUT2D eigenvalue weighted by Crippen LogP contribution is 2.16. The van der Waals surface area contributed by atoms with Crippen molar-refractivity contribution in [3.8, 4) is 11.5 Å². The van der Waals surface area contributed by atoms with E-state index < -0.39 is 0 Å². The minimum atomic E-state index is 0.289. The van der Waals surface area contributed by atoms with Crippen molar-refractivity contribution in [1.29, 1.82) is 0 Å². The number of thioether (sulfide) groups is 1. The van der Waals surface area contributed by atoms with Crippen LogP contribution in [0.1, 0.15) is 11.4 Å². The number of benzene rings is 2. The van der Waals surface area contributed by atoms with E-state index in [0.717, 1.165) is 17.1 Å². The van der Waals surface area contributed by atoms with Gasteiger partial charge < -0.3 is 9.47 Å². The number of hydrogen-bond acceptors (Lipinski definition) is 6. The van der Waals surface area contributed by atoms with Crippen LogP contribution in [0.3, 0.4) is 0 Å². The molecule has 7 heteroatoms. The summed E-state index contributed by atoms with van der Waals surface area (Å²) in [4.78, 5) is 0. The summed E-state index contributed by atoms with van der Waals surface area (Å²) in [5.74, 6) is 2.23. The quantitative estimate of drug-likeness (QED) is 0.480. The van der Waals surface area contributed by atoms with E-state index in [9.17, 15) is 0 Å². The summed E-state index contributed by atoms with van der Waals surface area (Å²) in [6, 6.07) is 17.3. The zero-order chi connectivity index (χ0) is 17.5. The molecule has 1 aromatic heterocycles. The highest BCUT2D eigenvalue weighted by molar-refractivity contribution is 7.98. The highest BCUT2D eigenvalue weighted by Gasteiger charge is 2.11. The molecule has 0 N–H and O–H groups in total.